The molecule has 7 heteroatoms. The van der Waals surface area contributed by atoms with Crippen LogP contribution >= 0.6 is 11.3 Å². The molecule has 0 aliphatic rings. The maximum atomic E-state index is 14.0. The number of carbonyl (C=O) groups excluding carboxylic acids is 1. The fourth-order valence-electron chi connectivity index (χ4n) is 2.43. The van der Waals surface area contributed by atoms with Gasteiger partial charge >= 0.3 is 0 Å². The third kappa shape index (κ3) is 3.67. The number of halogens is 1. The normalized spacial score (nSPS) is 10.5. The van der Waals surface area contributed by atoms with Crippen LogP contribution in [0.2, 0.25) is 0 Å². The van der Waals surface area contributed by atoms with Crippen molar-refractivity contribution in [2.75, 3.05) is 19.5 Å². The Morgan fingerprint density at radius 2 is 1.77 bits per heavy atom. The van der Waals surface area contributed by atoms with Gasteiger partial charge < -0.3 is 14.8 Å². The summed E-state index contributed by atoms with van der Waals surface area (Å²) in [5.74, 6) is 0.366. The lowest BCUT2D eigenvalue weighted by Gasteiger charge is -2.09. The minimum absolute atomic E-state index is 0.259. The van der Waals surface area contributed by atoms with Crippen LogP contribution in [-0.2, 0) is 0 Å². The van der Waals surface area contributed by atoms with E-state index < -0.39 is 0 Å². The number of aromatic nitrogens is 1. The van der Waals surface area contributed by atoms with E-state index in [9.17, 15) is 9.18 Å². The Hall–Kier alpha value is -2.93. The van der Waals surface area contributed by atoms with Gasteiger partial charge in [0.25, 0.3) is 5.91 Å². The van der Waals surface area contributed by atoms with Gasteiger partial charge in [0.05, 0.1) is 14.2 Å². The van der Waals surface area contributed by atoms with Gasteiger partial charge in [-0.3, -0.25) is 4.79 Å². The number of hydrogen-bond acceptors (Lipinski definition) is 5. The fraction of sp³-hybridized carbons (Fsp3) is 0.158. The van der Waals surface area contributed by atoms with Crippen molar-refractivity contribution < 1.29 is 18.7 Å². The molecule has 1 aromatic heterocycles. The van der Waals surface area contributed by atoms with Gasteiger partial charge in [0.2, 0.25) is 0 Å². The molecule has 0 radical (unpaired) electrons. The molecular formula is C19H17FN2O3S. The van der Waals surface area contributed by atoms with Gasteiger partial charge in [-0.15, -0.1) is 11.3 Å². The second kappa shape index (κ2) is 7.53. The van der Waals surface area contributed by atoms with Gasteiger partial charge in [0.1, 0.15) is 28.0 Å². The summed E-state index contributed by atoms with van der Waals surface area (Å²) in [7, 11) is 3.07. The van der Waals surface area contributed by atoms with Crippen LogP contribution in [-0.4, -0.2) is 25.1 Å². The second-order valence-corrected chi connectivity index (χ2v) is 6.66. The van der Waals surface area contributed by atoms with Crippen LogP contribution in [0.15, 0.2) is 42.5 Å². The first kappa shape index (κ1) is 17.9. The number of nitrogens with one attached hydrogen (secondary N) is 1. The Morgan fingerprint density at radius 3 is 2.38 bits per heavy atom. The van der Waals surface area contributed by atoms with E-state index in [2.05, 4.69) is 10.3 Å². The van der Waals surface area contributed by atoms with E-state index >= 15 is 0 Å². The summed E-state index contributed by atoms with van der Waals surface area (Å²) in [5, 5.41) is 3.25. The molecular weight excluding hydrogens is 355 g/mol. The number of anilines is 1. The molecule has 0 fully saturated rings. The van der Waals surface area contributed by atoms with Crippen molar-refractivity contribution in [2.24, 2.45) is 0 Å². The highest BCUT2D eigenvalue weighted by Crippen LogP contribution is 2.31. The van der Waals surface area contributed by atoms with E-state index in [0.29, 0.717) is 32.6 Å². The van der Waals surface area contributed by atoms with Crippen molar-refractivity contribution >= 4 is 22.9 Å². The van der Waals surface area contributed by atoms with E-state index in [1.165, 1.54) is 31.6 Å². The number of benzene rings is 2. The SMILES string of the molecule is COc1cc(NC(=O)c2nc(-c3ccccc3F)sc2C)cc(OC)c1. The molecule has 26 heavy (non-hydrogen) atoms. The molecule has 0 atom stereocenters. The first-order chi connectivity index (χ1) is 12.5. The lowest BCUT2D eigenvalue weighted by atomic mass is 10.2. The van der Waals surface area contributed by atoms with E-state index in [-0.39, 0.29) is 17.4 Å². The van der Waals surface area contributed by atoms with Crippen LogP contribution in [0, 0.1) is 12.7 Å². The molecule has 0 spiro atoms. The Kier molecular flexibility index (Phi) is 5.18. The lowest BCUT2D eigenvalue weighted by molar-refractivity contribution is 0.102. The lowest BCUT2D eigenvalue weighted by Crippen LogP contribution is -2.13. The molecule has 3 rings (SSSR count). The monoisotopic (exact) mass is 372 g/mol. The Labute approximate surface area is 154 Å². The molecule has 1 amide bonds. The summed E-state index contributed by atoms with van der Waals surface area (Å²) in [4.78, 5) is 17.7. The number of hydrogen-bond donors (Lipinski definition) is 1. The highest BCUT2D eigenvalue weighted by molar-refractivity contribution is 7.15. The maximum Gasteiger partial charge on any atom is 0.275 e. The van der Waals surface area contributed by atoms with Gasteiger partial charge in [-0.1, -0.05) is 12.1 Å². The van der Waals surface area contributed by atoms with Crippen LogP contribution in [0.1, 0.15) is 15.4 Å². The Morgan fingerprint density at radius 1 is 1.12 bits per heavy atom. The van der Waals surface area contributed by atoms with Crippen molar-refractivity contribution in [1.29, 1.82) is 0 Å². The standard InChI is InChI=1S/C19H17FN2O3S/c1-11-17(22-19(26-11)15-6-4-5-7-16(15)20)18(23)21-12-8-13(24-2)10-14(9-12)25-3/h4-10H,1-3H3,(H,21,23). The smallest absolute Gasteiger partial charge is 0.275 e. The zero-order valence-corrected chi connectivity index (χ0v) is 15.3. The zero-order valence-electron chi connectivity index (χ0n) is 14.5. The van der Waals surface area contributed by atoms with Gasteiger partial charge in [-0.2, -0.15) is 0 Å². The van der Waals surface area contributed by atoms with Crippen molar-refractivity contribution in [3.63, 3.8) is 0 Å². The molecule has 0 aliphatic heterocycles. The van der Waals surface area contributed by atoms with Crippen LogP contribution < -0.4 is 14.8 Å². The number of rotatable bonds is 5. The third-order valence-electron chi connectivity index (χ3n) is 3.73. The fourth-order valence-corrected chi connectivity index (χ4v) is 3.36. The number of methoxy groups -OCH3 is 2. The topological polar surface area (TPSA) is 60.5 Å². The molecule has 0 saturated heterocycles. The number of thiazole rings is 1. The molecule has 0 aliphatic carbocycles. The van der Waals surface area contributed by atoms with E-state index in [1.807, 2.05) is 0 Å². The predicted octanol–water partition coefficient (Wildman–Crippen LogP) is 4.53. The van der Waals surface area contributed by atoms with Gasteiger partial charge in [0, 0.05) is 34.3 Å². The highest BCUT2D eigenvalue weighted by atomic mass is 32.1. The summed E-state index contributed by atoms with van der Waals surface area (Å²) in [6, 6.07) is 11.4. The summed E-state index contributed by atoms with van der Waals surface area (Å²) >= 11 is 1.27. The number of ether oxygens (including phenoxy) is 2. The highest BCUT2D eigenvalue weighted by Gasteiger charge is 2.18. The number of aryl methyl sites for hydroxylation is 1. The minimum atomic E-state index is -0.378. The van der Waals surface area contributed by atoms with Gasteiger partial charge in [-0.05, 0) is 19.1 Å². The molecule has 134 valence electrons. The van der Waals surface area contributed by atoms with Crippen LogP contribution in [0.4, 0.5) is 10.1 Å². The zero-order chi connectivity index (χ0) is 18.7. The summed E-state index contributed by atoms with van der Waals surface area (Å²) in [6.45, 7) is 1.78. The predicted molar refractivity (Wildman–Crippen MR) is 99.7 cm³/mol. The van der Waals surface area contributed by atoms with Crippen LogP contribution in [0.25, 0.3) is 10.6 Å². The summed E-state index contributed by atoms with van der Waals surface area (Å²) in [6.07, 6.45) is 0. The molecule has 1 heterocycles. The molecule has 0 unspecified atom stereocenters. The van der Waals surface area contributed by atoms with Crippen molar-refractivity contribution in [2.45, 2.75) is 6.92 Å². The third-order valence-corrected chi connectivity index (χ3v) is 4.73. The Bertz CT molecular complexity index is 933. The van der Waals surface area contributed by atoms with Gasteiger partial charge in [0.15, 0.2) is 0 Å². The molecule has 3 aromatic rings. The first-order valence-electron chi connectivity index (χ1n) is 7.78. The number of nitrogens with zero attached hydrogens (tertiary/aromatic N) is 1. The van der Waals surface area contributed by atoms with Crippen molar-refractivity contribution in [3.05, 3.63) is 58.9 Å². The molecule has 2 aromatic carbocycles. The van der Waals surface area contributed by atoms with Crippen LogP contribution in [0.5, 0.6) is 11.5 Å². The van der Waals surface area contributed by atoms with Gasteiger partial charge in [-0.25, -0.2) is 9.37 Å². The maximum absolute atomic E-state index is 14.0. The number of amides is 1. The molecule has 0 saturated carbocycles. The van der Waals surface area contributed by atoms with Crippen molar-refractivity contribution in [3.8, 4) is 22.1 Å². The second-order valence-electron chi connectivity index (χ2n) is 5.46. The van der Waals surface area contributed by atoms with Crippen LogP contribution in [0.3, 0.4) is 0 Å². The van der Waals surface area contributed by atoms with E-state index in [4.69, 9.17) is 9.47 Å². The molecule has 1 N–H and O–H groups in total. The average Bonchev–Trinajstić information content (AvgIpc) is 3.03. The molecule has 5 nitrogen and oxygen atoms in total. The van der Waals surface area contributed by atoms with E-state index in [0.717, 1.165) is 0 Å². The largest absolute Gasteiger partial charge is 0.497 e. The van der Waals surface area contributed by atoms with Crippen molar-refractivity contribution in [1.82, 2.24) is 4.98 Å². The Balaban J connectivity index is 1.88. The average molecular weight is 372 g/mol. The minimum Gasteiger partial charge on any atom is -0.497 e. The number of carbonyl (C=O) groups is 1. The first-order valence-corrected chi connectivity index (χ1v) is 8.60. The summed E-state index contributed by atoms with van der Waals surface area (Å²) in [5.41, 5.74) is 1.16. The summed E-state index contributed by atoms with van der Waals surface area (Å²) < 4.78 is 24.4. The van der Waals surface area contributed by atoms with E-state index in [1.54, 1.807) is 43.3 Å². The quantitative estimate of drug-likeness (QED) is 0.715. The molecule has 0 bridgehead atoms.